The summed E-state index contributed by atoms with van der Waals surface area (Å²) in [5.41, 5.74) is 2.42. The maximum absolute atomic E-state index is 10.6. The number of aliphatic hydroxyl groups excluding tert-OH is 1. The van der Waals surface area contributed by atoms with E-state index in [-0.39, 0.29) is 5.92 Å². The molecule has 1 aliphatic rings. The molecule has 142 valence electrons. The van der Waals surface area contributed by atoms with Gasteiger partial charge in [0.1, 0.15) is 23.4 Å². The molecule has 0 unspecified atom stereocenters. The molecule has 1 aromatic carbocycles. The van der Waals surface area contributed by atoms with Gasteiger partial charge in [0, 0.05) is 31.5 Å². The zero-order valence-electron chi connectivity index (χ0n) is 16.0. The lowest BCUT2D eigenvalue weighted by molar-refractivity contribution is 0.0492. The highest BCUT2D eigenvalue weighted by Crippen LogP contribution is 2.30. The largest absolute Gasteiger partial charge is 0.461 e. The van der Waals surface area contributed by atoms with Crippen molar-refractivity contribution in [2.24, 2.45) is 13.0 Å². The van der Waals surface area contributed by atoms with E-state index in [1.807, 2.05) is 36.9 Å². The van der Waals surface area contributed by atoms with E-state index >= 15 is 0 Å². The highest BCUT2D eigenvalue weighted by Gasteiger charge is 2.28. The highest BCUT2D eigenvalue weighted by atomic mass is 16.3. The topological polar surface area (TPSA) is 54.4 Å². The van der Waals surface area contributed by atoms with E-state index in [1.54, 1.807) is 6.20 Å². The molecular formula is C22H27N3O2. The van der Waals surface area contributed by atoms with Gasteiger partial charge in [-0.3, -0.25) is 4.90 Å². The molecule has 0 aliphatic carbocycles. The van der Waals surface area contributed by atoms with Gasteiger partial charge in [0.2, 0.25) is 0 Å². The van der Waals surface area contributed by atoms with E-state index in [4.69, 9.17) is 4.42 Å². The van der Waals surface area contributed by atoms with E-state index in [0.29, 0.717) is 0 Å². The van der Waals surface area contributed by atoms with Crippen LogP contribution < -0.4 is 0 Å². The van der Waals surface area contributed by atoms with Crippen molar-refractivity contribution in [1.82, 2.24) is 14.5 Å². The van der Waals surface area contributed by atoms with Crippen LogP contribution in [0.1, 0.15) is 36.1 Å². The molecule has 1 aliphatic heterocycles. The summed E-state index contributed by atoms with van der Waals surface area (Å²) in [6, 6.07) is 12.6. The van der Waals surface area contributed by atoms with E-state index < -0.39 is 6.10 Å². The lowest BCUT2D eigenvalue weighted by Gasteiger charge is -2.34. The van der Waals surface area contributed by atoms with Crippen molar-refractivity contribution in [3.05, 3.63) is 65.9 Å². The summed E-state index contributed by atoms with van der Waals surface area (Å²) in [6.45, 7) is 4.89. The molecule has 2 aromatic heterocycles. The van der Waals surface area contributed by atoms with Crippen LogP contribution in [0, 0.1) is 12.8 Å². The summed E-state index contributed by atoms with van der Waals surface area (Å²) in [5, 5.41) is 10.6. The number of aliphatic hydroxyl groups is 1. The van der Waals surface area contributed by atoms with Gasteiger partial charge in [-0.25, -0.2) is 4.98 Å². The fourth-order valence-corrected chi connectivity index (χ4v) is 3.97. The van der Waals surface area contributed by atoms with Gasteiger partial charge in [-0.1, -0.05) is 18.2 Å². The number of furan rings is 1. The van der Waals surface area contributed by atoms with Crippen molar-refractivity contribution in [2.45, 2.75) is 32.4 Å². The molecule has 5 nitrogen and oxygen atoms in total. The zero-order valence-corrected chi connectivity index (χ0v) is 16.0. The Kier molecular flexibility index (Phi) is 5.14. The second-order valence-corrected chi connectivity index (χ2v) is 7.57. The number of imidazole rings is 1. The minimum absolute atomic E-state index is 0.278. The second kappa shape index (κ2) is 7.71. The van der Waals surface area contributed by atoms with E-state index in [0.717, 1.165) is 55.4 Å². The second-order valence-electron chi connectivity index (χ2n) is 7.57. The standard InChI is InChI=1S/C22H27N3O2/c1-16-6-7-20(27-16)19-5-3-4-17(14-19)15-25-11-8-18(9-12-25)21(26)22-23-10-13-24(22)2/h3-7,10,13-14,18,21,26H,8-9,11-12,15H2,1-2H3/t21-/m1/s1. The fourth-order valence-electron chi connectivity index (χ4n) is 3.97. The molecule has 4 rings (SSSR count). The number of nitrogens with zero attached hydrogens (tertiary/aromatic N) is 3. The molecule has 0 saturated carbocycles. The lowest BCUT2D eigenvalue weighted by atomic mass is 9.90. The summed E-state index contributed by atoms with van der Waals surface area (Å²) >= 11 is 0. The first-order valence-corrected chi connectivity index (χ1v) is 9.63. The van der Waals surface area contributed by atoms with Crippen LogP contribution in [0.2, 0.25) is 0 Å². The monoisotopic (exact) mass is 365 g/mol. The lowest BCUT2D eigenvalue weighted by Crippen LogP contribution is -2.35. The van der Waals surface area contributed by atoms with Gasteiger partial charge in [0.05, 0.1) is 0 Å². The Morgan fingerprint density at radius 1 is 1.22 bits per heavy atom. The van der Waals surface area contributed by atoms with Crippen molar-refractivity contribution in [1.29, 1.82) is 0 Å². The third kappa shape index (κ3) is 3.99. The minimum atomic E-state index is -0.474. The van der Waals surface area contributed by atoms with Crippen LogP contribution >= 0.6 is 0 Å². The summed E-state index contributed by atoms with van der Waals surface area (Å²) < 4.78 is 7.67. The molecule has 1 fully saturated rings. The number of aromatic nitrogens is 2. The Balaban J connectivity index is 1.36. The zero-order chi connectivity index (χ0) is 18.8. The van der Waals surface area contributed by atoms with Crippen molar-refractivity contribution < 1.29 is 9.52 Å². The molecule has 27 heavy (non-hydrogen) atoms. The minimum Gasteiger partial charge on any atom is -0.461 e. The number of benzene rings is 1. The quantitative estimate of drug-likeness (QED) is 0.744. The molecule has 0 bridgehead atoms. The molecule has 1 saturated heterocycles. The van der Waals surface area contributed by atoms with Gasteiger partial charge < -0.3 is 14.1 Å². The first-order valence-electron chi connectivity index (χ1n) is 9.63. The predicted octanol–water partition coefficient (Wildman–Crippen LogP) is 3.93. The van der Waals surface area contributed by atoms with Gasteiger partial charge in [-0.2, -0.15) is 0 Å². The van der Waals surface area contributed by atoms with Crippen LogP contribution in [0.5, 0.6) is 0 Å². The number of likely N-dealkylation sites (tertiary alicyclic amines) is 1. The van der Waals surface area contributed by atoms with Gasteiger partial charge >= 0.3 is 0 Å². The van der Waals surface area contributed by atoms with Crippen molar-refractivity contribution in [3.63, 3.8) is 0 Å². The molecule has 1 N–H and O–H groups in total. The first-order chi connectivity index (χ1) is 13.1. The van der Waals surface area contributed by atoms with Crippen LogP contribution in [0.3, 0.4) is 0 Å². The number of hydrogen-bond donors (Lipinski definition) is 1. The van der Waals surface area contributed by atoms with Crippen LogP contribution in [0.15, 0.2) is 53.2 Å². The highest BCUT2D eigenvalue weighted by molar-refractivity contribution is 5.58. The van der Waals surface area contributed by atoms with Gasteiger partial charge in [0.15, 0.2) is 0 Å². The van der Waals surface area contributed by atoms with E-state index in [1.165, 1.54) is 5.56 Å². The normalized spacial score (nSPS) is 17.3. The smallest absolute Gasteiger partial charge is 0.137 e. The Morgan fingerprint density at radius 3 is 2.70 bits per heavy atom. The average Bonchev–Trinajstić information content (AvgIpc) is 3.30. The SMILES string of the molecule is Cc1ccc(-c2cccc(CN3CCC([C@@H](O)c4nccn4C)CC3)c2)o1. The average molecular weight is 365 g/mol. The van der Waals surface area contributed by atoms with Gasteiger partial charge in [-0.15, -0.1) is 0 Å². The maximum Gasteiger partial charge on any atom is 0.137 e. The van der Waals surface area contributed by atoms with Crippen molar-refractivity contribution >= 4 is 0 Å². The van der Waals surface area contributed by atoms with Crippen LogP contribution in [-0.2, 0) is 13.6 Å². The van der Waals surface area contributed by atoms with E-state index in [9.17, 15) is 5.11 Å². The molecule has 0 radical (unpaired) electrons. The van der Waals surface area contributed by atoms with Gasteiger partial charge in [0.25, 0.3) is 0 Å². The third-order valence-corrected chi connectivity index (χ3v) is 5.56. The van der Waals surface area contributed by atoms with Crippen LogP contribution in [0.25, 0.3) is 11.3 Å². The fraction of sp³-hybridized carbons (Fsp3) is 0.409. The molecule has 5 heteroatoms. The van der Waals surface area contributed by atoms with Crippen molar-refractivity contribution in [3.8, 4) is 11.3 Å². The van der Waals surface area contributed by atoms with Crippen molar-refractivity contribution in [2.75, 3.05) is 13.1 Å². The number of hydrogen-bond acceptors (Lipinski definition) is 4. The summed E-state index contributed by atoms with van der Waals surface area (Å²) in [6.07, 6.45) is 5.15. The summed E-state index contributed by atoms with van der Waals surface area (Å²) in [7, 11) is 1.94. The molecule has 1 atom stereocenters. The van der Waals surface area contributed by atoms with Crippen LogP contribution in [0.4, 0.5) is 0 Å². The summed E-state index contributed by atoms with van der Waals surface area (Å²) in [5.74, 6) is 2.91. The van der Waals surface area contributed by atoms with Crippen LogP contribution in [-0.4, -0.2) is 32.6 Å². The Hall–Kier alpha value is -2.37. The molecule has 3 aromatic rings. The first kappa shape index (κ1) is 18.0. The molecule has 3 heterocycles. The molecule has 0 spiro atoms. The molecular weight excluding hydrogens is 338 g/mol. The van der Waals surface area contributed by atoms with Gasteiger partial charge in [-0.05, 0) is 62.5 Å². The molecule has 0 amide bonds. The number of piperidine rings is 1. The predicted molar refractivity (Wildman–Crippen MR) is 105 cm³/mol. The Morgan fingerprint density at radius 2 is 2.04 bits per heavy atom. The maximum atomic E-state index is 10.6. The van der Waals surface area contributed by atoms with E-state index in [2.05, 4.69) is 34.1 Å². The third-order valence-electron chi connectivity index (χ3n) is 5.56. The Bertz CT molecular complexity index is 890. The summed E-state index contributed by atoms with van der Waals surface area (Å²) in [4.78, 5) is 6.77. The Labute approximate surface area is 160 Å². The number of rotatable bonds is 5. The number of aryl methyl sites for hydroxylation is 2.